The highest BCUT2D eigenvalue weighted by atomic mass is 35.5. The Balaban J connectivity index is 1.98. The maximum atomic E-state index is 12.2. The van der Waals surface area contributed by atoms with Gasteiger partial charge in [-0.05, 0) is 19.1 Å². The Labute approximate surface area is 129 Å². The first-order valence-corrected chi connectivity index (χ1v) is 7.37. The quantitative estimate of drug-likeness (QED) is 0.866. The van der Waals surface area contributed by atoms with Crippen LogP contribution in [-0.4, -0.2) is 42.0 Å². The zero-order valence-corrected chi connectivity index (χ0v) is 13.0. The zero-order chi connectivity index (χ0) is 14.7. The largest absolute Gasteiger partial charge is 0.393 e. The van der Waals surface area contributed by atoms with Crippen molar-refractivity contribution in [3.8, 4) is 0 Å². The molecule has 6 heteroatoms. The maximum Gasteiger partial charge on any atom is 0.232 e. The van der Waals surface area contributed by atoms with Crippen LogP contribution in [0.15, 0.2) is 24.3 Å². The monoisotopic (exact) mass is 311 g/mol. The molecule has 2 N–H and O–H groups in total. The van der Waals surface area contributed by atoms with Gasteiger partial charge in [0.15, 0.2) is 0 Å². The predicted octanol–water partition coefficient (Wildman–Crippen LogP) is 1.91. The standard InChI is InChI=1S/C14H18ClN3OS/c1-10(13(16)20)14(19)18-8-6-17(7-9-18)12-5-3-2-4-11(12)15/h2-5,10H,6-9H2,1H3,(H2,16,20). The van der Waals surface area contributed by atoms with E-state index in [1.165, 1.54) is 0 Å². The Hall–Kier alpha value is -1.33. The molecule has 0 bridgehead atoms. The second kappa shape index (κ2) is 6.41. The molecule has 0 radical (unpaired) electrons. The molecule has 0 aromatic heterocycles. The first-order valence-electron chi connectivity index (χ1n) is 6.58. The van der Waals surface area contributed by atoms with E-state index in [1.54, 1.807) is 6.92 Å². The number of nitrogens with zero attached hydrogens (tertiary/aromatic N) is 2. The summed E-state index contributed by atoms with van der Waals surface area (Å²) in [5.74, 6) is -0.381. The first kappa shape index (κ1) is 15.1. The third-order valence-corrected chi connectivity index (χ3v) is 4.25. The van der Waals surface area contributed by atoms with Gasteiger partial charge < -0.3 is 15.5 Å². The number of hydrogen-bond acceptors (Lipinski definition) is 3. The van der Waals surface area contributed by atoms with E-state index in [0.29, 0.717) is 13.1 Å². The van der Waals surface area contributed by atoms with Gasteiger partial charge in [0.2, 0.25) is 5.91 Å². The normalized spacial score (nSPS) is 16.9. The lowest BCUT2D eigenvalue weighted by atomic mass is 10.1. The molecule has 1 saturated heterocycles. The van der Waals surface area contributed by atoms with Crippen molar-refractivity contribution in [2.45, 2.75) is 6.92 Å². The summed E-state index contributed by atoms with van der Waals surface area (Å²) in [5.41, 5.74) is 6.56. The van der Waals surface area contributed by atoms with Crippen LogP contribution in [-0.2, 0) is 4.79 Å². The number of nitrogens with two attached hydrogens (primary N) is 1. The topological polar surface area (TPSA) is 49.6 Å². The van der Waals surface area contributed by atoms with Crippen molar-refractivity contribution in [2.75, 3.05) is 31.1 Å². The molecule has 4 nitrogen and oxygen atoms in total. The van der Waals surface area contributed by atoms with E-state index >= 15 is 0 Å². The fraction of sp³-hybridized carbons (Fsp3) is 0.429. The zero-order valence-electron chi connectivity index (χ0n) is 11.4. The molecule has 1 amide bonds. The molecule has 1 aliphatic heterocycles. The van der Waals surface area contributed by atoms with E-state index in [4.69, 9.17) is 29.6 Å². The fourth-order valence-electron chi connectivity index (χ4n) is 2.27. The summed E-state index contributed by atoms with van der Waals surface area (Å²) in [6.07, 6.45) is 0. The lowest BCUT2D eigenvalue weighted by molar-refractivity contribution is -0.133. The van der Waals surface area contributed by atoms with Gasteiger partial charge in [-0.3, -0.25) is 4.79 Å². The summed E-state index contributed by atoms with van der Waals surface area (Å²) < 4.78 is 0. The first-order chi connectivity index (χ1) is 9.50. The second-order valence-corrected chi connectivity index (χ2v) is 5.77. The van der Waals surface area contributed by atoms with Gasteiger partial charge in [-0.25, -0.2) is 0 Å². The number of para-hydroxylation sites is 1. The van der Waals surface area contributed by atoms with Gasteiger partial charge >= 0.3 is 0 Å². The van der Waals surface area contributed by atoms with E-state index in [-0.39, 0.29) is 10.9 Å². The molecule has 0 spiro atoms. The minimum absolute atomic E-state index is 0.0105. The number of thiocarbonyl (C=S) groups is 1. The van der Waals surface area contributed by atoms with E-state index in [0.717, 1.165) is 23.8 Å². The molecule has 1 aromatic rings. The Morgan fingerprint density at radius 3 is 2.45 bits per heavy atom. The highest BCUT2D eigenvalue weighted by Crippen LogP contribution is 2.26. The highest BCUT2D eigenvalue weighted by molar-refractivity contribution is 7.80. The minimum atomic E-state index is -0.392. The van der Waals surface area contributed by atoms with Crippen molar-refractivity contribution in [1.82, 2.24) is 4.90 Å². The number of benzene rings is 1. The summed E-state index contributed by atoms with van der Waals surface area (Å²) >= 11 is 11.1. The van der Waals surface area contributed by atoms with Crippen LogP contribution in [0.2, 0.25) is 5.02 Å². The number of amides is 1. The van der Waals surface area contributed by atoms with Crippen LogP contribution in [0.4, 0.5) is 5.69 Å². The van der Waals surface area contributed by atoms with Gasteiger partial charge in [0.05, 0.1) is 21.6 Å². The third kappa shape index (κ3) is 3.22. The number of carbonyl (C=O) groups is 1. The van der Waals surface area contributed by atoms with Gasteiger partial charge in [0.25, 0.3) is 0 Å². The molecule has 20 heavy (non-hydrogen) atoms. The number of hydrogen-bond donors (Lipinski definition) is 1. The second-order valence-electron chi connectivity index (χ2n) is 4.89. The van der Waals surface area contributed by atoms with Gasteiger partial charge in [-0.2, -0.15) is 0 Å². The van der Waals surface area contributed by atoms with Crippen molar-refractivity contribution in [1.29, 1.82) is 0 Å². The average Bonchev–Trinajstić information content (AvgIpc) is 2.46. The SMILES string of the molecule is CC(C(=O)N1CCN(c2ccccc2Cl)CC1)C(N)=S. The van der Waals surface area contributed by atoms with Crippen molar-refractivity contribution in [3.05, 3.63) is 29.3 Å². The lowest BCUT2D eigenvalue weighted by Crippen LogP contribution is -2.51. The summed E-state index contributed by atoms with van der Waals surface area (Å²) in [7, 11) is 0. The van der Waals surface area contributed by atoms with E-state index in [2.05, 4.69) is 4.90 Å². The molecule has 1 heterocycles. The van der Waals surface area contributed by atoms with Crippen LogP contribution in [0.5, 0.6) is 0 Å². The highest BCUT2D eigenvalue weighted by Gasteiger charge is 2.26. The number of halogens is 1. The molecular formula is C14H18ClN3OS. The Morgan fingerprint density at radius 2 is 1.90 bits per heavy atom. The van der Waals surface area contributed by atoms with Gasteiger partial charge in [-0.15, -0.1) is 0 Å². The molecule has 0 aliphatic carbocycles. The molecule has 1 aromatic carbocycles. The summed E-state index contributed by atoms with van der Waals surface area (Å²) in [5, 5.41) is 0.740. The maximum absolute atomic E-state index is 12.2. The Kier molecular flexibility index (Phi) is 4.83. The predicted molar refractivity (Wildman–Crippen MR) is 86.2 cm³/mol. The molecule has 1 unspecified atom stereocenters. The van der Waals surface area contributed by atoms with Crippen LogP contribution in [0.1, 0.15) is 6.92 Å². The van der Waals surface area contributed by atoms with E-state index in [9.17, 15) is 4.79 Å². The van der Waals surface area contributed by atoms with Gasteiger partial charge in [0, 0.05) is 26.2 Å². The Bertz CT molecular complexity index is 515. The Morgan fingerprint density at radius 1 is 1.30 bits per heavy atom. The summed E-state index contributed by atoms with van der Waals surface area (Å²) in [6.45, 7) is 4.61. The van der Waals surface area contributed by atoms with Crippen molar-refractivity contribution in [2.24, 2.45) is 11.7 Å². The minimum Gasteiger partial charge on any atom is -0.393 e. The molecule has 1 aliphatic rings. The van der Waals surface area contributed by atoms with Gasteiger partial charge in [0.1, 0.15) is 0 Å². The van der Waals surface area contributed by atoms with Crippen LogP contribution < -0.4 is 10.6 Å². The van der Waals surface area contributed by atoms with Gasteiger partial charge in [-0.1, -0.05) is 36.0 Å². The average molecular weight is 312 g/mol. The number of rotatable bonds is 3. The molecule has 108 valence electrons. The molecule has 1 fully saturated rings. The van der Waals surface area contributed by atoms with Crippen LogP contribution >= 0.6 is 23.8 Å². The van der Waals surface area contributed by atoms with E-state index in [1.807, 2.05) is 29.2 Å². The molecule has 0 saturated carbocycles. The number of carbonyl (C=O) groups excluding carboxylic acids is 1. The lowest BCUT2D eigenvalue weighted by Gasteiger charge is -2.37. The van der Waals surface area contributed by atoms with Crippen molar-refractivity contribution < 1.29 is 4.79 Å². The third-order valence-electron chi connectivity index (χ3n) is 3.58. The molecule has 2 rings (SSSR count). The van der Waals surface area contributed by atoms with Crippen LogP contribution in [0.25, 0.3) is 0 Å². The number of anilines is 1. The number of piperazine rings is 1. The summed E-state index contributed by atoms with van der Waals surface area (Å²) in [6, 6.07) is 7.75. The van der Waals surface area contributed by atoms with Crippen LogP contribution in [0, 0.1) is 5.92 Å². The van der Waals surface area contributed by atoms with Crippen molar-refractivity contribution >= 4 is 40.4 Å². The fourth-order valence-corrected chi connectivity index (χ4v) is 2.63. The molecular weight excluding hydrogens is 294 g/mol. The smallest absolute Gasteiger partial charge is 0.232 e. The molecule has 1 atom stereocenters. The van der Waals surface area contributed by atoms with Crippen molar-refractivity contribution in [3.63, 3.8) is 0 Å². The summed E-state index contributed by atoms with van der Waals surface area (Å²) in [4.78, 5) is 16.4. The van der Waals surface area contributed by atoms with E-state index < -0.39 is 5.92 Å². The van der Waals surface area contributed by atoms with Crippen LogP contribution in [0.3, 0.4) is 0 Å².